The number of hydrogen-bond acceptors (Lipinski definition) is 5. The van der Waals surface area contributed by atoms with E-state index in [9.17, 15) is 5.11 Å². The van der Waals surface area contributed by atoms with Gasteiger partial charge in [-0.15, -0.1) is 0 Å². The fraction of sp³-hybridized carbons (Fsp3) is 0.429. The van der Waals surface area contributed by atoms with Crippen molar-refractivity contribution in [2.24, 2.45) is 0 Å². The number of aromatic nitrogens is 3. The van der Waals surface area contributed by atoms with Gasteiger partial charge in [0.1, 0.15) is 5.69 Å². The average molecular weight is 290 g/mol. The lowest BCUT2D eigenvalue weighted by molar-refractivity contribution is 0.276. The van der Waals surface area contributed by atoms with E-state index in [1.54, 1.807) is 4.68 Å². The van der Waals surface area contributed by atoms with Crippen molar-refractivity contribution >= 4 is 11.8 Å². The van der Waals surface area contributed by atoms with Crippen LogP contribution in [-0.4, -0.2) is 49.6 Å². The highest BCUT2D eigenvalue weighted by Gasteiger charge is 2.18. The van der Waals surface area contributed by atoms with Crippen molar-refractivity contribution in [1.29, 1.82) is 0 Å². The summed E-state index contributed by atoms with van der Waals surface area (Å²) in [6.07, 6.45) is 1.19. The molecule has 0 spiro atoms. The number of thioether (sulfide) groups is 1. The van der Waals surface area contributed by atoms with E-state index in [2.05, 4.69) is 15.2 Å². The first-order valence-corrected chi connectivity index (χ1v) is 7.99. The third-order valence-electron chi connectivity index (χ3n) is 3.43. The largest absolute Gasteiger partial charge is 0.491 e. The predicted molar refractivity (Wildman–Crippen MR) is 80.2 cm³/mol. The second-order valence-electron chi connectivity index (χ2n) is 4.85. The molecule has 1 aromatic heterocycles. The van der Waals surface area contributed by atoms with Crippen molar-refractivity contribution in [2.75, 3.05) is 24.6 Å². The maximum Gasteiger partial charge on any atom is 0.256 e. The molecule has 0 unspecified atom stereocenters. The molecule has 106 valence electrons. The van der Waals surface area contributed by atoms with Crippen LogP contribution < -0.4 is 0 Å². The Morgan fingerprint density at radius 2 is 2.00 bits per heavy atom. The Balaban J connectivity index is 1.84. The molecule has 1 aromatic carbocycles. The first-order valence-electron chi connectivity index (χ1n) is 6.83. The highest BCUT2D eigenvalue weighted by atomic mass is 32.2. The average Bonchev–Trinajstić information content (AvgIpc) is 2.68. The molecular formula is C14H18N4OS. The molecule has 0 aliphatic carbocycles. The molecule has 1 N–H and O–H groups in total. The summed E-state index contributed by atoms with van der Waals surface area (Å²) >= 11 is 1.99. The molecule has 1 saturated heterocycles. The Labute approximate surface area is 122 Å². The fourth-order valence-electron chi connectivity index (χ4n) is 2.38. The SMILES string of the molecule is Oc1nnn(-c2ccccc2)c1CN1CCCSCC1. The van der Waals surface area contributed by atoms with E-state index < -0.39 is 0 Å². The Kier molecular flexibility index (Phi) is 4.22. The normalized spacial score (nSPS) is 17.0. The summed E-state index contributed by atoms with van der Waals surface area (Å²) in [5, 5.41) is 17.8. The molecule has 0 amide bonds. The number of hydrogen-bond donors (Lipinski definition) is 1. The summed E-state index contributed by atoms with van der Waals surface area (Å²) in [6, 6.07) is 9.82. The highest BCUT2D eigenvalue weighted by Crippen LogP contribution is 2.21. The summed E-state index contributed by atoms with van der Waals surface area (Å²) in [4.78, 5) is 2.36. The van der Waals surface area contributed by atoms with Gasteiger partial charge in [0.15, 0.2) is 0 Å². The molecule has 0 radical (unpaired) electrons. The van der Waals surface area contributed by atoms with Crippen molar-refractivity contribution in [3.05, 3.63) is 36.0 Å². The van der Waals surface area contributed by atoms with E-state index >= 15 is 0 Å². The molecule has 3 rings (SSSR count). The second-order valence-corrected chi connectivity index (χ2v) is 6.07. The van der Waals surface area contributed by atoms with Crippen LogP contribution in [0.5, 0.6) is 5.88 Å². The van der Waals surface area contributed by atoms with Gasteiger partial charge in [0.25, 0.3) is 5.88 Å². The number of aromatic hydroxyl groups is 1. The van der Waals surface area contributed by atoms with E-state index in [-0.39, 0.29) is 5.88 Å². The molecule has 6 heteroatoms. The van der Waals surface area contributed by atoms with Crippen molar-refractivity contribution in [3.63, 3.8) is 0 Å². The zero-order valence-electron chi connectivity index (χ0n) is 11.3. The van der Waals surface area contributed by atoms with Crippen LogP contribution in [0.25, 0.3) is 5.69 Å². The van der Waals surface area contributed by atoms with Crippen molar-refractivity contribution in [1.82, 2.24) is 19.9 Å². The van der Waals surface area contributed by atoms with Crippen molar-refractivity contribution in [3.8, 4) is 11.6 Å². The molecule has 1 fully saturated rings. The third-order valence-corrected chi connectivity index (χ3v) is 4.48. The Morgan fingerprint density at radius 3 is 2.85 bits per heavy atom. The smallest absolute Gasteiger partial charge is 0.256 e. The predicted octanol–water partition coefficient (Wildman–Crippen LogP) is 1.91. The number of nitrogens with zero attached hydrogens (tertiary/aromatic N) is 4. The third kappa shape index (κ3) is 2.96. The molecule has 0 saturated carbocycles. The van der Waals surface area contributed by atoms with Crippen molar-refractivity contribution in [2.45, 2.75) is 13.0 Å². The van der Waals surface area contributed by atoms with E-state index in [4.69, 9.17) is 0 Å². The number of benzene rings is 1. The van der Waals surface area contributed by atoms with Crippen LogP contribution in [0, 0.1) is 0 Å². The van der Waals surface area contributed by atoms with Crippen LogP contribution in [0.4, 0.5) is 0 Å². The fourth-order valence-corrected chi connectivity index (χ4v) is 3.30. The quantitative estimate of drug-likeness (QED) is 0.936. The highest BCUT2D eigenvalue weighted by molar-refractivity contribution is 7.99. The monoisotopic (exact) mass is 290 g/mol. The summed E-state index contributed by atoms with van der Waals surface area (Å²) in [6.45, 7) is 2.80. The number of rotatable bonds is 3. The van der Waals surface area contributed by atoms with Gasteiger partial charge in [-0.2, -0.15) is 11.8 Å². The van der Waals surface area contributed by atoms with E-state index in [1.165, 1.54) is 12.2 Å². The topological polar surface area (TPSA) is 54.2 Å². The molecule has 5 nitrogen and oxygen atoms in total. The summed E-state index contributed by atoms with van der Waals surface area (Å²) < 4.78 is 1.73. The second kappa shape index (κ2) is 6.28. The van der Waals surface area contributed by atoms with Gasteiger partial charge in [0.05, 0.1) is 5.69 Å². The van der Waals surface area contributed by atoms with Crippen molar-refractivity contribution < 1.29 is 5.11 Å². The van der Waals surface area contributed by atoms with Crippen LogP contribution in [0.2, 0.25) is 0 Å². The van der Waals surface area contributed by atoms with E-state index in [0.717, 1.165) is 30.2 Å². The zero-order chi connectivity index (χ0) is 13.8. The Bertz CT molecular complexity index is 550. The lowest BCUT2D eigenvalue weighted by atomic mass is 10.3. The summed E-state index contributed by atoms with van der Waals surface area (Å²) in [5.41, 5.74) is 1.70. The lowest BCUT2D eigenvalue weighted by Crippen LogP contribution is -2.26. The number of para-hydroxylation sites is 1. The maximum absolute atomic E-state index is 9.97. The minimum atomic E-state index is 0.0331. The molecule has 0 bridgehead atoms. The molecule has 0 atom stereocenters. The molecule has 1 aliphatic heterocycles. The Morgan fingerprint density at radius 1 is 1.15 bits per heavy atom. The standard InChI is InChI=1S/C14H18N4OS/c19-14-13(11-17-7-4-9-20-10-8-17)18(16-15-14)12-5-2-1-3-6-12/h1-3,5-6,19H,4,7-11H2. The molecule has 1 aliphatic rings. The van der Waals surface area contributed by atoms with E-state index in [1.807, 2.05) is 42.1 Å². The van der Waals surface area contributed by atoms with E-state index in [0.29, 0.717) is 6.54 Å². The van der Waals surface area contributed by atoms with Gasteiger partial charge in [-0.3, -0.25) is 4.90 Å². The zero-order valence-corrected chi connectivity index (χ0v) is 12.1. The van der Waals surface area contributed by atoms with Gasteiger partial charge in [0.2, 0.25) is 0 Å². The van der Waals surface area contributed by atoms with Crippen LogP contribution >= 0.6 is 11.8 Å². The maximum atomic E-state index is 9.97. The van der Waals surface area contributed by atoms with Gasteiger partial charge in [-0.1, -0.05) is 28.5 Å². The molecule has 20 heavy (non-hydrogen) atoms. The lowest BCUT2D eigenvalue weighted by Gasteiger charge is -2.19. The van der Waals surface area contributed by atoms with Gasteiger partial charge >= 0.3 is 0 Å². The molecular weight excluding hydrogens is 272 g/mol. The minimum Gasteiger partial charge on any atom is -0.491 e. The Hall–Kier alpha value is -1.53. The van der Waals surface area contributed by atoms with Crippen LogP contribution in [0.15, 0.2) is 30.3 Å². The molecule has 2 heterocycles. The summed E-state index contributed by atoms with van der Waals surface area (Å²) in [7, 11) is 0. The van der Waals surface area contributed by atoms with Gasteiger partial charge < -0.3 is 5.11 Å². The minimum absolute atomic E-state index is 0.0331. The first-order chi connectivity index (χ1) is 9.84. The van der Waals surface area contributed by atoms with Gasteiger partial charge in [-0.25, -0.2) is 4.68 Å². The van der Waals surface area contributed by atoms with Crippen LogP contribution in [0.1, 0.15) is 12.1 Å². The van der Waals surface area contributed by atoms with Crippen LogP contribution in [0.3, 0.4) is 0 Å². The van der Waals surface area contributed by atoms with Gasteiger partial charge in [-0.05, 0) is 30.9 Å². The molecule has 2 aromatic rings. The summed E-state index contributed by atoms with van der Waals surface area (Å²) in [5.74, 6) is 2.40. The first kappa shape index (κ1) is 13.5. The van der Waals surface area contributed by atoms with Crippen LogP contribution in [-0.2, 0) is 6.54 Å². The van der Waals surface area contributed by atoms with Gasteiger partial charge in [0, 0.05) is 18.8 Å².